The molecule has 2 nitrogen and oxygen atoms in total. The second kappa shape index (κ2) is 6.09. The molecule has 2 aromatic rings. The highest BCUT2D eigenvalue weighted by atomic mass is 35.5. The molecule has 0 saturated heterocycles. The molecule has 19 heavy (non-hydrogen) atoms. The zero-order chi connectivity index (χ0) is 13.8. The van der Waals surface area contributed by atoms with Crippen LogP contribution in [-0.4, -0.2) is 11.7 Å². The second-order valence-electron chi connectivity index (χ2n) is 4.68. The summed E-state index contributed by atoms with van der Waals surface area (Å²) in [7, 11) is 0. The topological polar surface area (TPSA) is 32.3 Å². The first-order chi connectivity index (χ1) is 9.11. The van der Waals surface area contributed by atoms with Gasteiger partial charge in [0, 0.05) is 10.7 Å². The van der Waals surface area contributed by atoms with Crippen molar-refractivity contribution < 1.29 is 5.11 Å². The highest BCUT2D eigenvalue weighted by Gasteiger charge is 2.13. The smallest absolute Gasteiger partial charge is 0.0747 e. The van der Waals surface area contributed by atoms with Crippen LogP contribution in [0.25, 0.3) is 0 Å². The molecule has 0 aliphatic carbocycles. The summed E-state index contributed by atoms with van der Waals surface area (Å²) in [6, 6.07) is 13.5. The SMILES string of the molecule is Cc1cccc(C(CO)Nc2cccc(Cl)c2)c1C. The number of halogens is 1. The standard InChI is InChI=1S/C16H18ClNO/c1-11-5-3-8-15(12(11)2)16(10-19)18-14-7-4-6-13(17)9-14/h3-9,16,18-19H,10H2,1-2H3. The zero-order valence-corrected chi connectivity index (χ0v) is 11.9. The molecule has 0 amide bonds. The number of benzene rings is 2. The van der Waals surface area contributed by atoms with Crippen LogP contribution in [0, 0.1) is 13.8 Å². The van der Waals surface area contributed by atoms with E-state index in [0.717, 1.165) is 11.3 Å². The molecule has 1 unspecified atom stereocenters. The Morgan fingerprint density at radius 1 is 1.16 bits per heavy atom. The van der Waals surface area contributed by atoms with Gasteiger partial charge in [0.2, 0.25) is 0 Å². The van der Waals surface area contributed by atoms with E-state index in [2.05, 4.69) is 25.2 Å². The molecule has 3 heteroatoms. The Morgan fingerprint density at radius 3 is 2.58 bits per heavy atom. The van der Waals surface area contributed by atoms with Crippen molar-refractivity contribution in [1.82, 2.24) is 0 Å². The molecular weight excluding hydrogens is 258 g/mol. The number of rotatable bonds is 4. The van der Waals surface area contributed by atoms with Crippen LogP contribution in [0.2, 0.25) is 5.02 Å². The molecule has 0 bridgehead atoms. The van der Waals surface area contributed by atoms with Gasteiger partial charge in [0.1, 0.15) is 0 Å². The van der Waals surface area contributed by atoms with E-state index in [9.17, 15) is 5.11 Å². The van der Waals surface area contributed by atoms with Gasteiger partial charge in [0.15, 0.2) is 0 Å². The summed E-state index contributed by atoms with van der Waals surface area (Å²) in [6.07, 6.45) is 0. The summed E-state index contributed by atoms with van der Waals surface area (Å²) in [5.41, 5.74) is 4.45. The third-order valence-corrected chi connectivity index (χ3v) is 3.61. The molecule has 2 rings (SSSR count). The van der Waals surface area contributed by atoms with E-state index in [4.69, 9.17) is 11.6 Å². The fourth-order valence-electron chi connectivity index (χ4n) is 2.15. The molecule has 2 N–H and O–H groups in total. The molecule has 0 aromatic heterocycles. The molecule has 2 aromatic carbocycles. The average molecular weight is 276 g/mol. The van der Waals surface area contributed by atoms with Gasteiger partial charge in [0.05, 0.1) is 12.6 Å². The Labute approximate surface area is 119 Å². The van der Waals surface area contributed by atoms with E-state index in [1.807, 2.05) is 36.4 Å². The fraction of sp³-hybridized carbons (Fsp3) is 0.250. The van der Waals surface area contributed by atoms with Crippen LogP contribution in [0.15, 0.2) is 42.5 Å². The van der Waals surface area contributed by atoms with Crippen LogP contribution < -0.4 is 5.32 Å². The predicted octanol–water partition coefficient (Wildman–Crippen LogP) is 4.10. The Hall–Kier alpha value is -1.51. The normalized spacial score (nSPS) is 12.2. The molecule has 0 spiro atoms. The molecule has 0 saturated carbocycles. The summed E-state index contributed by atoms with van der Waals surface area (Å²) in [5, 5.41) is 13.6. The van der Waals surface area contributed by atoms with Gasteiger partial charge in [-0.3, -0.25) is 0 Å². The van der Waals surface area contributed by atoms with Crippen molar-refractivity contribution in [2.75, 3.05) is 11.9 Å². The number of aliphatic hydroxyl groups is 1. The van der Waals surface area contributed by atoms with Crippen LogP contribution in [0.3, 0.4) is 0 Å². The van der Waals surface area contributed by atoms with Gasteiger partial charge in [-0.1, -0.05) is 35.9 Å². The van der Waals surface area contributed by atoms with Gasteiger partial charge in [-0.2, -0.15) is 0 Å². The Morgan fingerprint density at radius 2 is 1.89 bits per heavy atom. The van der Waals surface area contributed by atoms with Gasteiger partial charge in [-0.15, -0.1) is 0 Å². The van der Waals surface area contributed by atoms with Crippen molar-refractivity contribution in [1.29, 1.82) is 0 Å². The summed E-state index contributed by atoms with van der Waals surface area (Å²) in [5.74, 6) is 0. The van der Waals surface area contributed by atoms with Crippen molar-refractivity contribution in [2.24, 2.45) is 0 Å². The van der Waals surface area contributed by atoms with E-state index < -0.39 is 0 Å². The van der Waals surface area contributed by atoms with Crippen molar-refractivity contribution in [3.05, 3.63) is 64.2 Å². The average Bonchev–Trinajstić information content (AvgIpc) is 2.40. The van der Waals surface area contributed by atoms with E-state index in [0.29, 0.717) is 5.02 Å². The molecule has 100 valence electrons. The quantitative estimate of drug-likeness (QED) is 0.880. The first kappa shape index (κ1) is 13.9. The molecule has 0 fully saturated rings. The number of aryl methyl sites for hydroxylation is 1. The minimum Gasteiger partial charge on any atom is -0.394 e. The minimum atomic E-state index is -0.127. The maximum Gasteiger partial charge on any atom is 0.0747 e. The van der Waals surface area contributed by atoms with Gasteiger partial charge < -0.3 is 10.4 Å². The fourth-order valence-corrected chi connectivity index (χ4v) is 2.34. The highest BCUT2D eigenvalue weighted by Crippen LogP contribution is 2.25. The number of hydrogen-bond acceptors (Lipinski definition) is 2. The van der Waals surface area contributed by atoms with Crippen LogP contribution >= 0.6 is 11.6 Å². The monoisotopic (exact) mass is 275 g/mol. The Balaban J connectivity index is 2.28. The number of hydrogen-bond donors (Lipinski definition) is 2. The number of nitrogens with one attached hydrogen (secondary N) is 1. The highest BCUT2D eigenvalue weighted by molar-refractivity contribution is 6.30. The van der Waals surface area contributed by atoms with Crippen molar-refractivity contribution in [3.8, 4) is 0 Å². The molecule has 0 radical (unpaired) electrons. The van der Waals surface area contributed by atoms with E-state index >= 15 is 0 Å². The van der Waals surface area contributed by atoms with Gasteiger partial charge in [-0.05, 0) is 48.7 Å². The van der Waals surface area contributed by atoms with Gasteiger partial charge >= 0.3 is 0 Å². The Bertz CT molecular complexity index is 568. The summed E-state index contributed by atoms with van der Waals surface area (Å²) >= 11 is 5.97. The maximum absolute atomic E-state index is 9.63. The lowest BCUT2D eigenvalue weighted by Crippen LogP contribution is -2.16. The lowest BCUT2D eigenvalue weighted by Gasteiger charge is -2.21. The molecule has 0 aliphatic rings. The third-order valence-electron chi connectivity index (χ3n) is 3.37. The van der Waals surface area contributed by atoms with Crippen molar-refractivity contribution in [2.45, 2.75) is 19.9 Å². The molecular formula is C16H18ClNO. The molecule has 1 atom stereocenters. The Kier molecular flexibility index (Phi) is 4.46. The lowest BCUT2D eigenvalue weighted by molar-refractivity contribution is 0.276. The van der Waals surface area contributed by atoms with Crippen molar-refractivity contribution in [3.63, 3.8) is 0 Å². The van der Waals surface area contributed by atoms with Gasteiger partial charge in [-0.25, -0.2) is 0 Å². The van der Waals surface area contributed by atoms with Crippen LogP contribution in [-0.2, 0) is 0 Å². The van der Waals surface area contributed by atoms with Gasteiger partial charge in [0.25, 0.3) is 0 Å². The summed E-state index contributed by atoms with van der Waals surface area (Å²) in [4.78, 5) is 0. The first-order valence-electron chi connectivity index (χ1n) is 6.31. The number of aliphatic hydroxyl groups excluding tert-OH is 1. The summed E-state index contributed by atoms with van der Waals surface area (Å²) in [6.45, 7) is 4.19. The third kappa shape index (κ3) is 3.28. The van der Waals surface area contributed by atoms with Crippen LogP contribution in [0.1, 0.15) is 22.7 Å². The number of anilines is 1. The maximum atomic E-state index is 9.63. The molecule has 0 heterocycles. The van der Waals surface area contributed by atoms with Crippen molar-refractivity contribution >= 4 is 17.3 Å². The van der Waals surface area contributed by atoms with Crippen LogP contribution in [0.4, 0.5) is 5.69 Å². The lowest BCUT2D eigenvalue weighted by atomic mass is 9.97. The second-order valence-corrected chi connectivity index (χ2v) is 5.12. The largest absolute Gasteiger partial charge is 0.394 e. The van der Waals surface area contributed by atoms with E-state index in [1.54, 1.807) is 0 Å². The summed E-state index contributed by atoms with van der Waals surface area (Å²) < 4.78 is 0. The zero-order valence-electron chi connectivity index (χ0n) is 11.2. The van der Waals surface area contributed by atoms with E-state index in [1.165, 1.54) is 11.1 Å². The molecule has 0 aliphatic heterocycles. The first-order valence-corrected chi connectivity index (χ1v) is 6.68. The minimum absolute atomic E-state index is 0.0385. The van der Waals surface area contributed by atoms with E-state index in [-0.39, 0.29) is 12.6 Å². The predicted molar refractivity (Wildman–Crippen MR) is 80.8 cm³/mol. The van der Waals surface area contributed by atoms with Crippen LogP contribution in [0.5, 0.6) is 0 Å².